The van der Waals surface area contributed by atoms with Crippen molar-refractivity contribution in [2.45, 2.75) is 13.1 Å². The van der Waals surface area contributed by atoms with E-state index in [1.165, 1.54) is 24.4 Å². The molecule has 150 valence electrons. The van der Waals surface area contributed by atoms with Gasteiger partial charge in [-0.05, 0) is 30.1 Å². The van der Waals surface area contributed by atoms with Crippen molar-refractivity contribution < 1.29 is 13.2 Å². The van der Waals surface area contributed by atoms with E-state index in [2.05, 4.69) is 58.0 Å². The third-order valence-electron chi connectivity index (χ3n) is 3.77. The van der Waals surface area contributed by atoms with Gasteiger partial charge in [0.2, 0.25) is 5.95 Å². The Bertz CT molecular complexity index is 1130. The lowest BCUT2D eigenvalue weighted by atomic mass is 10.1. The molecule has 3 heterocycles. The monoisotopic (exact) mass is 513 g/mol. The highest BCUT2D eigenvalue weighted by molar-refractivity contribution is 14.1. The summed E-state index contributed by atoms with van der Waals surface area (Å²) >= 11 is 2.15. The van der Waals surface area contributed by atoms with Crippen molar-refractivity contribution in [3.8, 4) is 11.4 Å². The van der Waals surface area contributed by atoms with Crippen molar-refractivity contribution in [2.24, 2.45) is 0 Å². The van der Waals surface area contributed by atoms with Gasteiger partial charge in [0.15, 0.2) is 11.5 Å². The molecule has 0 aliphatic heterocycles. The fraction of sp³-hybridized carbons (Fsp3) is 0.167. The van der Waals surface area contributed by atoms with E-state index in [0.29, 0.717) is 11.2 Å². The lowest BCUT2D eigenvalue weighted by molar-refractivity contribution is -0.137. The number of rotatable bonds is 3. The van der Waals surface area contributed by atoms with Gasteiger partial charge in [0.25, 0.3) is 0 Å². The molecule has 0 aliphatic rings. The van der Waals surface area contributed by atoms with Gasteiger partial charge in [0.05, 0.1) is 10.9 Å². The Labute approximate surface area is 177 Å². The molecule has 0 atom stereocenters. The molecular formula is C18H15F3IN7. The summed E-state index contributed by atoms with van der Waals surface area (Å²) in [5.41, 5.74) is -0.694. The molecule has 0 saturated carbocycles. The maximum absolute atomic E-state index is 13.4. The summed E-state index contributed by atoms with van der Waals surface area (Å²) in [5.74, 6) is 0.992. The first-order chi connectivity index (χ1) is 13.9. The van der Waals surface area contributed by atoms with E-state index in [1.807, 2.05) is 4.93 Å². The Morgan fingerprint density at radius 3 is 2.45 bits per heavy atom. The first kappa shape index (κ1) is 20.9. The van der Waals surface area contributed by atoms with E-state index in [9.17, 15) is 13.2 Å². The van der Waals surface area contributed by atoms with Gasteiger partial charge in [-0.1, -0.05) is 40.8 Å². The molecule has 0 unspecified atom stereocenters. The van der Waals surface area contributed by atoms with Crippen LogP contribution in [0.25, 0.3) is 22.4 Å². The summed E-state index contributed by atoms with van der Waals surface area (Å²) in [6, 6.07) is 8.54. The highest BCUT2D eigenvalue weighted by Gasteiger charge is 2.34. The van der Waals surface area contributed by atoms with E-state index in [4.69, 9.17) is 0 Å². The van der Waals surface area contributed by atoms with Crippen LogP contribution in [0.2, 0.25) is 0 Å². The van der Waals surface area contributed by atoms with Crippen molar-refractivity contribution in [1.29, 1.82) is 0 Å². The van der Waals surface area contributed by atoms with Crippen molar-refractivity contribution >= 4 is 45.4 Å². The summed E-state index contributed by atoms with van der Waals surface area (Å²) in [7, 11) is 0. The van der Waals surface area contributed by atoms with E-state index in [0.717, 1.165) is 6.07 Å². The molecule has 1 aromatic carbocycles. The number of pyridine rings is 1. The van der Waals surface area contributed by atoms with Crippen molar-refractivity contribution in [2.75, 3.05) is 10.2 Å². The quantitative estimate of drug-likeness (QED) is 0.298. The maximum Gasteiger partial charge on any atom is 0.417 e. The Kier molecular flexibility index (Phi) is 6.25. The van der Waals surface area contributed by atoms with Crippen LogP contribution in [0.15, 0.2) is 42.6 Å². The van der Waals surface area contributed by atoms with Crippen LogP contribution in [0.3, 0.4) is 0 Å². The zero-order valence-corrected chi connectivity index (χ0v) is 17.4. The molecule has 2 N–H and O–H groups in total. The first-order valence-corrected chi connectivity index (χ1v) is 10.4. The highest BCUT2D eigenvalue weighted by Crippen LogP contribution is 2.36. The number of halogens is 4. The number of hydrogen-bond acceptors (Lipinski definition) is 6. The van der Waals surface area contributed by atoms with Gasteiger partial charge in [-0.25, -0.2) is 15.0 Å². The predicted octanol–water partition coefficient (Wildman–Crippen LogP) is 4.93. The smallest absolute Gasteiger partial charge is 0.307 e. The van der Waals surface area contributed by atoms with Crippen LogP contribution in [0.5, 0.6) is 0 Å². The number of aromatic amines is 1. The highest BCUT2D eigenvalue weighted by atomic mass is 127. The molecule has 0 radical (unpaired) electrons. The van der Waals surface area contributed by atoms with Gasteiger partial charge < -0.3 is 5.32 Å². The van der Waals surface area contributed by atoms with Crippen molar-refractivity contribution in [3.63, 3.8) is 0 Å². The van der Waals surface area contributed by atoms with Crippen molar-refractivity contribution in [1.82, 2.24) is 30.1 Å². The SMILES string of the molecule is CI.Cc1nc(Nc2nc(-c3ccccc3C(F)(F)F)nc3ncccc23)n[nH]1. The first-order valence-electron chi connectivity index (χ1n) is 8.25. The minimum absolute atomic E-state index is 0.0936. The van der Waals surface area contributed by atoms with Crippen LogP contribution in [0.1, 0.15) is 11.4 Å². The second kappa shape index (κ2) is 8.68. The van der Waals surface area contributed by atoms with E-state index in [-0.39, 0.29) is 28.8 Å². The van der Waals surface area contributed by atoms with Crippen molar-refractivity contribution in [3.05, 3.63) is 54.0 Å². The number of benzene rings is 1. The minimum atomic E-state index is -4.53. The molecule has 11 heteroatoms. The summed E-state index contributed by atoms with van der Waals surface area (Å²) in [4.78, 5) is 18.8. The van der Waals surface area contributed by atoms with Gasteiger partial charge in [-0.15, -0.1) is 5.10 Å². The van der Waals surface area contributed by atoms with Crippen LogP contribution in [0.4, 0.5) is 24.9 Å². The van der Waals surface area contributed by atoms with Gasteiger partial charge in [0.1, 0.15) is 11.6 Å². The molecule has 4 rings (SSSR count). The van der Waals surface area contributed by atoms with E-state index < -0.39 is 11.7 Å². The van der Waals surface area contributed by atoms with Gasteiger partial charge in [-0.2, -0.15) is 18.2 Å². The fourth-order valence-electron chi connectivity index (χ4n) is 2.61. The Hall–Kier alpha value is -2.83. The lowest BCUT2D eigenvalue weighted by Crippen LogP contribution is -2.09. The topological polar surface area (TPSA) is 92.3 Å². The number of H-pyrrole nitrogens is 1. The molecule has 0 bridgehead atoms. The molecular weight excluding hydrogens is 498 g/mol. The summed E-state index contributed by atoms with van der Waals surface area (Å²) < 4.78 is 40.2. The second-order valence-electron chi connectivity index (χ2n) is 5.68. The molecule has 4 aromatic rings. The number of nitrogens with zero attached hydrogens (tertiary/aromatic N) is 5. The summed E-state index contributed by atoms with van der Waals surface area (Å²) in [5, 5.41) is 10.1. The average Bonchev–Trinajstić information content (AvgIpc) is 3.13. The molecule has 29 heavy (non-hydrogen) atoms. The third kappa shape index (κ3) is 4.60. The Morgan fingerprint density at radius 1 is 1.00 bits per heavy atom. The molecule has 0 aliphatic carbocycles. The van der Waals surface area contributed by atoms with E-state index in [1.54, 1.807) is 19.1 Å². The molecule has 0 amide bonds. The maximum atomic E-state index is 13.4. The number of hydrogen-bond donors (Lipinski definition) is 2. The zero-order valence-electron chi connectivity index (χ0n) is 15.3. The summed E-state index contributed by atoms with van der Waals surface area (Å²) in [6.07, 6.45) is -3.02. The Morgan fingerprint density at radius 2 is 1.76 bits per heavy atom. The van der Waals surface area contributed by atoms with Gasteiger partial charge in [0, 0.05) is 11.8 Å². The predicted molar refractivity (Wildman–Crippen MR) is 112 cm³/mol. The molecule has 7 nitrogen and oxygen atoms in total. The molecule has 0 spiro atoms. The number of alkyl halides is 4. The van der Waals surface area contributed by atoms with Crippen LogP contribution in [0, 0.1) is 6.92 Å². The van der Waals surface area contributed by atoms with Crippen LogP contribution in [-0.4, -0.2) is 35.1 Å². The second-order valence-corrected chi connectivity index (χ2v) is 5.68. The molecule has 0 fully saturated rings. The van der Waals surface area contributed by atoms with Crippen LogP contribution < -0.4 is 5.32 Å². The standard InChI is InChI=1S/C17H12F3N7.CH3I/c1-9-22-16(27-26-9)25-15-11-6-4-8-21-13(11)23-14(24-15)10-5-2-3-7-12(10)17(18,19)20;1-2/h2-8H,1H3,(H2,21,22,23,24,25,26,27);1H3. The number of aromatic nitrogens is 6. The number of nitrogens with one attached hydrogen (secondary N) is 2. The average molecular weight is 513 g/mol. The van der Waals surface area contributed by atoms with Crippen LogP contribution >= 0.6 is 22.6 Å². The molecule has 0 saturated heterocycles. The minimum Gasteiger partial charge on any atom is -0.307 e. The normalized spacial score (nSPS) is 11.1. The largest absolute Gasteiger partial charge is 0.417 e. The fourth-order valence-corrected chi connectivity index (χ4v) is 2.61. The Balaban J connectivity index is 0.00000117. The zero-order chi connectivity index (χ0) is 21.0. The summed E-state index contributed by atoms with van der Waals surface area (Å²) in [6.45, 7) is 1.73. The van der Waals surface area contributed by atoms with E-state index >= 15 is 0 Å². The van der Waals surface area contributed by atoms with Crippen LogP contribution in [-0.2, 0) is 6.18 Å². The number of aryl methyl sites for hydroxylation is 1. The van der Waals surface area contributed by atoms with Gasteiger partial charge in [-0.3, -0.25) is 5.10 Å². The number of fused-ring (bicyclic) bond motifs is 1. The number of anilines is 2. The third-order valence-corrected chi connectivity index (χ3v) is 3.77. The molecule has 3 aromatic heterocycles. The lowest BCUT2D eigenvalue weighted by Gasteiger charge is -2.13. The van der Waals surface area contributed by atoms with Gasteiger partial charge >= 0.3 is 6.18 Å².